The number of benzene rings is 1. The molecule has 0 saturated carbocycles. The summed E-state index contributed by atoms with van der Waals surface area (Å²) in [4.78, 5) is 0. The highest BCUT2D eigenvalue weighted by Gasteiger charge is 2.39. The summed E-state index contributed by atoms with van der Waals surface area (Å²) < 4.78 is 13.3. The van der Waals surface area contributed by atoms with E-state index >= 15 is 0 Å². The van der Waals surface area contributed by atoms with E-state index in [1.54, 1.807) is 0 Å². The molecule has 0 heterocycles. The van der Waals surface area contributed by atoms with Crippen LogP contribution in [0, 0.1) is 0 Å². The van der Waals surface area contributed by atoms with E-state index in [9.17, 15) is 0 Å². The average molecular weight is 449 g/mol. The summed E-state index contributed by atoms with van der Waals surface area (Å²) in [6.45, 7) is 26.1. The number of hydrogen-bond acceptors (Lipinski definition) is 2. The lowest BCUT2D eigenvalue weighted by Gasteiger charge is -2.40. The van der Waals surface area contributed by atoms with Crippen LogP contribution in [0.1, 0.15) is 85.0 Å². The van der Waals surface area contributed by atoms with Crippen LogP contribution in [0.4, 0.5) is 0 Å². The predicted octanol–water partition coefficient (Wildman–Crippen LogP) is 8.97. The van der Waals surface area contributed by atoms with E-state index in [4.69, 9.17) is 8.85 Å². The third kappa shape index (κ3) is 7.78. The lowest BCUT2D eigenvalue weighted by Crippen LogP contribution is -2.42. The van der Waals surface area contributed by atoms with Crippen molar-refractivity contribution in [2.24, 2.45) is 0 Å². The van der Waals surface area contributed by atoms with Crippen LogP contribution >= 0.6 is 0 Å². The van der Waals surface area contributed by atoms with Crippen molar-refractivity contribution in [1.29, 1.82) is 0 Å². The van der Waals surface area contributed by atoms with Crippen LogP contribution < -0.4 is 0 Å². The minimum atomic E-state index is -1.85. The number of hydrogen-bond donors (Lipinski definition) is 0. The van der Waals surface area contributed by atoms with Gasteiger partial charge in [0.25, 0.3) is 0 Å². The highest BCUT2D eigenvalue weighted by atomic mass is 28.4. The standard InChI is InChI=1S/C26H48O2Si2/c1-12-13-20-24(28-30(10,11)26(5,6)7)23-19-15-14-17-22(23)18-16-21-27-29(8,9)25(2,3)4/h14-19,24H,12-13,20-21H2,1-11H3/b18-16+. The average Bonchev–Trinajstić information content (AvgIpc) is 2.60. The van der Waals surface area contributed by atoms with Gasteiger partial charge in [0.05, 0.1) is 12.7 Å². The molecule has 1 atom stereocenters. The molecule has 0 spiro atoms. The van der Waals surface area contributed by atoms with Crippen molar-refractivity contribution < 1.29 is 8.85 Å². The molecule has 0 fully saturated rings. The first-order chi connectivity index (χ1) is 13.6. The molecule has 0 bridgehead atoms. The van der Waals surface area contributed by atoms with E-state index in [1.807, 2.05) is 0 Å². The van der Waals surface area contributed by atoms with Crippen molar-refractivity contribution in [2.45, 2.75) is 110 Å². The van der Waals surface area contributed by atoms with E-state index in [2.05, 4.69) is 111 Å². The molecule has 0 N–H and O–H groups in total. The maximum absolute atomic E-state index is 6.92. The molecule has 30 heavy (non-hydrogen) atoms. The molecule has 4 heteroatoms. The highest BCUT2D eigenvalue weighted by Crippen LogP contribution is 2.41. The van der Waals surface area contributed by atoms with E-state index in [-0.39, 0.29) is 16.2 Å². The molecule has 1 rings (SSSR count). The fourth-order valence-corrected chi connectivity index (χ4v) is 5.06. The van der Waals surface area contributed by atoms with Gasteiger partial charge in [0.15, 0.2) is 16.6 Å². The van der Waals surface area contributed by atoms with Crippen LogP contribution in [0.25, 0.3) is 6.08 Å². The lowest BCUT2D eigenvalue weighted by atomic mass is 9.98. The van der Waals surface area contributed by atoms with Crippen LogP contribution in [0.5, 0.6) is 0 Å². The topological polar surface area (TPSA) is 18.5 Å². The molecule has 0 aliphatic heterocycles. The summed E-state index contributed by atoms with van der Waals surface area (Å²) >= 11 is 0. The Labute approximate surface area is 189 Å². The minimum Gasteiger partial charge on any atom is -0.413 e. The van der Waals surface area contributed by atoms with Gasteiger partial charge in [-0.2, -0.15) is 0 Å². The van der Waals surface area contributed by atoms with Gasteiger partial charge in [0, 0.05) is 0 Å². The third-order valence-corrected chi connectivity index (χ3v) is 16.0. The largest absolute Gasteiger partial charge is 0.413 e. The molecule has 0 aromatic heterocycles. The molecule has 0 saturated heterocycles. The van der Waals surface area contributed by atoms with E-state index in [1.165, 1.54) is 24.0 Å². The van der Waals surface area contributed by atoms with Crippen LogP contribution in [0.15, 0.2) is 30.3 Å². The Morgan fingerprint density at radius 3 is 2.00 bits per heavy atom. The minimum absolute atomic E-state index is 0.160. The SMILES string of the molecule is CCCCC(O[Si](C)(C)C(C)(C)C)c1ccccc1/C=C/CO[Si](C)(C)C(C)(C)C. The second-order valence-corrected chi connectivity index (χ2v) is 21.2. The van der Waals surface area contributed by atoms with Gasteiger partial charge in [-0.25, -0.2) is 0 Å². The maximum atomic E-state index is 6.92. The predicted molar refractivity (Wildman–Crippen MR) is 139 cm³/mol. The molecule has 0 aliphatic rings. The summed E-state index contributed by atoms with van der Waals surface area (Å²) in [7, 11) is -3.57. The zero-order valence-corrected chi connectivity index (χ0v) is 23.7. The summed E-state index contributed by atoms with van der Waals surface area (Å²) in [6, 6.07) is 8.74. The van der Waals surface area contributed by atoms with E-state index < -0.39 is 16.6 Å². The molecule has 0 aliphatic carbocycles. The quantitative estimate of drug-likeness (QED) is 0.332. The van der Waals surface area contributed by atoms with Crippen LogP contribution in [0.2, 0.25) is 36.3 Å². The first kappa shape index (κ1) is 27.3. The van der Waals surface area contributed by atoms with Gasteiger partial charge in [0.2, 0.25) is 0 Å². The van der Waals surface area contributed by atoms with Gasteiger partial charge in [0.1, 0.15) is 0 Å². The molecular weight excluding hydrogens is 400 g/mol. The first-order valence-electron chi connectivity index (χ1n) is 11.7. The van der Waals surface area contributed by atoms with E-state index in [0.717, 1.165) is 6.42 Å². The van der Waals surface area contributed by atoms with Crippen LogP contribution in [-0.4, -0.2) is 23.2 Å². The van der Waals surface area contributed by atoms with Gasteiger partial charge < -0.3 is 8.85 Å². The van der Waals surface area contributed by atoms with Crippen molar-refractivity contribution in [1.82, 2.24) is 0 Å². The van der Waals surface area contributed by atoms with E-state index in [0.29, 0.717) is 6.61 Å². The van der Waals surface area contributed by atoms with Crippen LogP contribution in [-0.2, 0) is 8.85 Å². The second-order valence-electron chi connectivity index (χ2n) is 11.6. The van der Waals surface area contributed by atoms with Crippen molar-refractivity contribution >= 4 is 22.7 Å². The zero-order chi connectivity index (χ0) is 23.2. The Hall–Kier alpha value is -0.686. The Morgan fingerprint density at radius 1 is 0.900 bits per heavy atom. The third-order valence-electron chi connectivity index (χ3n) is 7.05. The molecule has 1 unspecified atom stereocenters. The Balaban J connectivity index is 3.07. The number of rotatable bonds is 10. The fourth-order valence-electron chi connectivity index (χ4n) is 2.80. The number of unbranched alkanes of at least 4 members (excludes halogenated alkanes) is 1. The summed E-state index contributed by atoms with van der Waals surface area (Å²) in [5.41, 5.74) is 2.58. The normalized spacial score (nSPS) is 15.0. The van der Waals surface area contributed by atoms with Gasteiger partial charge in [-0.05, 0) is 53.8 Å². The Morgan fingerprint density at radius 2 is 1.47 bits per heavy atom. The van der Waals surface area contributed by atoms with Crippen LogP contribution in [0.3, 0.4) is 0 Å². The van der Waals surface area contributed by atoms with Gasteiger partial charge >= 0.3 is 0 Å². The summed E-state index contributed by atoms with van der Waals surface area (Å²) in [5, 5.41) is 0.445. The smallest absolute Gasteiger partial charge is 0.192 e. The second kappa shape index (κ2) is 10.8. The zero-order valence-electron chi connectivity index (χ0n) is 21.7. The molecule has 0 amide bonds. The Kier molecular flexibility index (Phi) is 9.81. The maximum Gasteiger partial charge on any atom is 0.192 e. The Bertz CT molecular complexity index is 679. The lowest BCUT2D eigenvalue weighted by molar-refractivity contribution is 0.170. The fraction of sp³-hybridized carbons (Fsp3) is 0.692. The highest BCUT2D eigenvalue weighted by molar-refractivity contribution is 6.74. The molecular formula is C26H48O2Si2. The van der Waals surface area contributed by atoms with Gasteiger partial charge in [-0.3, -0.25) is 0 Å². The van der Waals surface area contributed by atoms with Crippen molar-refractivity contribution in [3.05, 3.63) is 41.5 Å². The molecule has 1 aromatic carbocycles. The molecule has 2 nitrogen and oxygen atoms in total. The van der Waals surface area contributed by atoms with Crippen molar-refractivity contribution in [3.63, 3.8) is 0 Å². The molecule has 172 valence electrons. The van der Waals surface area contributed by atoms with Crippen molar-refractivity contribution in [2.75, 3.05) is 6.61 Å². The van der Waals surface area contributed by atoms with Crippen molar-refractivity contribution in [3.8, 4) is 0 Å². The summed E-state index contributed by atoms with van der Waals surface area (Å²) in [5.74, 6) is 0. The first-order valence-corrected chi connectivity index (χ1v) is 17.5. The molecule has 1 aromatic rings. The van der Waals surface area contributed by atoms with Gasteiger partial charge in [-0.1, -0.05) is 97.7 Å². The molecule has 0 radical (unpaired) electrons. The summed E-state index contributed by atoms with van der Waals surface area (Å²) in [6.07, 6.45) is 8.03. The monoisotopic (exact) mass is 448 g/mol. The van der Waals surface area contributed by atoms with Gasteiger partial charge in [-0.15, -0.1) is 0 Å².